The molecule has 1 rings (SSSR count). The molecule has 0 aliphatic rings. The normalized spacial score (nSPS) is 9.73. The lowest BCUT2D eigenvalue weighted by atomic mass is 10.2. The van der Waals surface area contributed by atoms with Crippen molar-refractivity contribution in [1.29, 1.82) is 0 Å². The van der Waals surface area contributed by atoms with Crippen LogP contribution in [0.15, 0.2) is 12.1 Å². The molecule has 0 heterocycles. The van der Waals surface area contributed by atoms with Crippen molar-refractivity contribution in [1.82, 2.24) is 0 Å². The molecule has 1 aromatic rings. The van der Waals surface area contributed by atoms with E-state index in [9.17, 15) is 13.6 Å². The molecule has 0 aromatic heterocycles. The summed E-state index contributed by atoms with van der Waals surface area (Å²) in [6.07, 6.45) is 0.306. The van der Waals surface area contributed by atoms with E-state index in [1.165, 1.54) is 0 Å². The molecule has 0 bridgehead atoms. The Bertz CT molecular complexity index is 299. The van der Waals surface area contributed by atoms with Crippen molar-refractivity contribution < 1.29 is 13.6 Å². The maximum absolute atomic E-state index is 12.6. The van der Waals surface area contributed by atoms with Gasteiger partial charge in [0.25, 0.3) is 0 Å². The first-order chi connectivity index (χ1) is 5.16. The summed E-state index contributed by atoms with van der Waals surface area (Å²) in [5.74, 6) is -1.26. The molecule has 0 aliphatic heterocycles. The fraction of sp³-hybridized carbons (Fsp3) is 0. The van der Waals surface area contributed by atoms with E-state index in [-0.39, 0.29) is 9.13 Å². The first-order valence-corrected chi connectivity index (χ1v) is 3.83. The van der Waals surface area contributed by atoms with Crippen LogP contribution in [0.5, 0.6) is 0 Å². The van der Waals surface area contributed by atoms with Crippen molar-refractivity contribution in [3.63, 3.8) is 0 Å². The molecule has 1 nitrogen and oxygen atoms in total. The molecule has 0 fully saturated rings. The van der Waals surface area contributed by atoms with Crippen molar-refractivity contribution >= 4 is 28.9 Å². The molecule has 0 N–H and O–H groups in total. The minimum Gasteiger partial charge on any atom is -0.298 e. The molecule has 0 saturated heterocycles. The van der Waals surface area contributed by atoms with Gasteiger partial charge in [-0.3, -0.25) is 4.79 Å². The van der Waals surface area contributed by atoms with E-state index in [0.717, 1.165) is 12.1 Å². The molecule has 0 saturated carbocycles. The Morgan fingerprint density at radius 2 is 1.82 bits per heavy atom. The Hall–Kier alpha value is -0.520. The van der Waals surface area contributed by atoms with Crippen LogP contribution in [0.1, 0.15) is 10.4 Å². The minimum absolute atomic E-state index is 0.0256. The van der Waals surface area contributed by atoms with E-state index in [2.05, 4.69) is 0 Å². The predicted molar refractivity (Wildman–Crippen MR) is 44.5 cm³/mol. The first kappa shape index (κ1) is 8.58. The minimum atomic E-state index is -0.689. The van der Waals surface area contributed by atoms with Crippen LogP contribution in [0.4, 0.5) is 8.78 Å². The SMILES string of the molecule is O=Cc1c(F)ccc(F)c1I. The molecule has 0 radical (unpaired) electrons. The standard InChI is InChI=1S/C7H3F2IO/c8-5-1-2-6(9)7(10)4(5)3-11/h1-3H. The van der Waals surface area contributed by atoms with Crippen LogP contribution in [0.3, 0.4) is 0 Å². The lowest BCUT2D eigenvalue weighted by molar-refractivity contribution is 0.111. The van der Waals surface area contributed by atoms with Gasteiger partial charge in [0, 0.05) is 0 Å². The number of rotatable bonds is 1. The fourth-order valence-electron chi connectivity index (χ4n) is 0.651. The summed E-state index contributed by atoms with van der Waals surface area (Å²) >= 11 is 1.58. The van der Waals surface area contributed by atoms with Crippen LogP contribution < -0.4 is 0 Å². The van der Waals surface area contributed by atoms with E-state index < -0.39 is 11.6 Å². The highest BCUT2D eigenvalue weighted by Crippen LogP contribution is 2.17. The first-order valence-electron chi connectivity index (χ1n) is 2.75. The number of aldehydes is 1. The van der Waals surface area contributed by atoms with Crippen LogP contribution in [-0.4, -0.2) is 6.29 Å². The number of halogens is 3. The molecule has 58 valence electrons. The summed E-state index contributed by atoms with van der Waals surface area (Å²) in [5, 5.41) is 0. The summed E-state index contributed by atoms with van der Waals surface area (Å²) in [4.78, 5) is 10.2. The van der Waals surface area contributed by atoms with Crippen LogP contribution >= 0.6 is 22.6 Å². The van der Waals surface area contributed by atoms with Crippen molar-refractivity contribution in [2.24, 2.45) is 0 Å². The maximum atomic E-state index is 12.6. The summed E-state index contributed by atoms with van der Waals surface area (Å²) in [7, 11) is 0. The number of benzene rings is 1. The molecular formula is C7H3F2IO. The zero-order valence-electron chi connectivity index (χ0n) is 5.27. The fourth-order valence-corrected chi connectivity index (χ4v) is 1.22. The summed E-state index contributed by atoms with van der Waals surface area (Å²) in [6.45, 7) is 0. The number of carbonyl (C=O) groups excluding carboxylic acids is 1. The van der Waals surface area contributed by atoms with Gasteiger partial charge in [-0.25, -0.2) is 8.78 Å². The molecule has 0 aliphatic carbocycles. The third-order valence-electron chi connectivity index (χ3n) is 1.20. The van der Waals surface area contributed by atoms with Crippen molar-refractivity contribution in [3.8, 4) is 0 Å². The van der Waals surface area contributed by atoms with Gasteiger partial charge < -0.3 is 0 Å². The zero-order valence-corrected chi connectivity index (χ0v) is 7.43. The van der Waals surface area contributed by atoms with Gasteiger partial charge in [0.05, 0.1) is 9.13 Å². The van der Waals surface area contributed by atoms with E-state index in [0.29, 0.717) is 6.29 Å². The van der Waals surface area contributed by atoms with Crippen molar-refractivity contribution in [2.75, 3.05) is 0 Å². The number of hydrogen-bond acceptors (Lipinski definition) is 1. The number of hydrogen-bond donors (Lipinski definition) is 0. The highest BCUT2D eigenvalue weighted by molar-refractivity contribution is 14.1. The molecule has 0 unspecified atom stereocenters. The highest BCUT2D eigenvalue weighted by atomic mass is 127. The molecule has 11 heavy (non-hydrogen) atoms. The van der Waals surface area contributed by atoms with Crippen LogP contribution in [-0.2, 0) is 0 Å². The van der Waals surface area contributed by atoms with Gasteiger partial charge in [-0.15, -0.1) is 0 Å². The van der Waals surface area contributed by atoms with E-state index in [1.54, 1.807) is 22.6 Å². The smallest absolute Gasteiger partial charge is 0.154 e. The Kier molecular flexibility index (Phi) is 2.53. The number of carbonyl (C=O) groups is 1. The van der Waals surface area contributed by atoms with Gasteiger partial charge in [-0.2, -0.15) is 0 Å². The Balaban J connectivity index is 3.40. The Morgan fingerprint density at radius 1 is 1.27 bits per heavy atom. The van der Waals surface area contributed by atoms with Crippen molar-refractivity contribution in [3.05, 3.63) is 32.9 Å². The Morgan fingerprint density at radius 3 is 2.27 bits per heavy atom. The van der Waals surface area contributed by atoms with E-state index >= 15 is 0 Å². The van der Waals surface area contributed by atoms with Crippen molar-refractivity contribution in [2.45, 2.75) is 0 Å². The van der Waals surface area contributed by atoms with Crippen LogP contribution in [0.2, 0.25) is 0 Å². The summed E-state index contributed by atoms with van der Waals surface area (Å²) < 4.78 is 25.3. The second-order valence-electron chi connectivity index (χ2n) is 1.87. The van der Waals surface area contributed by atoms with Gasteiger partial charge in [0.1, 0.15) is 11.6 Å². The average molecular weight is 268 g/mol. The lowest BCUT2D eigenvalue weighted by Gasteiger charge is -1.98. The highest BCUT2D eigenvalue weighted by Gasteiger charge is 2.09. The largest absolute Gasteiger partial charge is 0.298 e. The third kappa shape index (κ3) is 1.55. The summed E-state index contributed by atoms with van der Waals surface area (Å²) in [5.41, 5.74) is -0.217. The quantitative estimate of drug-likeness (QED) is 0.434. The van der Waals surface area contributed by atoms with E-state index in [1.807, 2.05) is 0 Å². The van der Waals surface area contributed by atoms with Gasteiger partial charge in [0.15, 0.2) is 6.29 Å². The molecule has 0 amide bonds. The molecule has 4 heteroatoms. The molecule has 0 spiro atoms. The topological polar surface area (TPSA) is 17.1 Å². The maximum Gasteiger partial charge on any atom is 0.154 e. The monoisotopic (exact) mass is 268 g/mol. The van der Waals surface area contributed by atoms with Crippen LogP contribution in [0.25, 0.3) is 0 Å². The van der Waals surface area contributed by atoms with Crippen LogP contribution in [0, 0.1) is 15.2 Å². The average Bonchev–Trinajstić information content (AvgIpc) is 1.99. The second-order valence-corrected chi connectivity index (χ2v) is 2.95. The third-order valence-corrected chi connectivity index (χ3v) is 2.29. The lowest BCUT2D eigenvalue weighted by Crippen LogP contribution is -1.94. The van der Waals surface area contributed by atoms with Gasteiger partial charge >= 0.3 is 0 Å². The molecule has 0 atom stereocenters. The predicted octanol–water partition coefficient (Wildman–Crippen LogP) is 2.38. The van der Waals surface area contributed by atoms with Gasteiger partial charge in [-0.05, 0) is 34.7 Å². The summed E-state index contributed by atoms with van der Waals surface area (Å²) in [6, 6.07) is 1.92. The van der Waals surface area contributed by atoms with Gasteiger partial charge in [0.2, 0.25) is 0 Å². The Labute approximate surface area is 75.6 Å². The van der Waals surface area contributed by atoms with Gasteiger partial charge in [-0.1, -0.05) is 0 Å². The molecule has 1 aromatic carbocycles. The molecular weight excluding hydrogens is 265 g/mol. The van der Waals surface area contributed by atoms with E-state index in [4.69, 9.17) is 0 Å². The second kappa shape index (κ2) is 3.25. The zero-order chi connectivity index (χ0) is 8.43.